The van der Waals surface area contributed by atoms with E-state index in [1.165, 1.54) is 0 Å². The van der Waals surface area contributed by atoms with Crippen LogP contribution < -0.4 is 5.32 Å². The summed E-state index contributed by atoms with van der Waals surface area (Å²) in [7, 11) is 0. The molecule has 0 saturated heterocycles. The van der Waals surface area contributed by atoms with Gasteiger partial charge in [0, 0.05) is 27.4 Å². The predicted molar refractivity (Wildman–Crippen MR) is 90.9 cm³/mol. The molecule has 0 aliphatic heterocycles. The first kappa shape index (κ1) is 14.5. The number of fused-ring (bicyclic) bond motifs is 1. The van der Waals surface area contributed by atoms with E-state index in [0.717, 1.165) is 32.3 Å². The molecule has 0 aliphatic rings. The number of aromatic carboxylic acids is 1. The Morgan fingerprint density at radius 1 is 1.18 bits per heavy atom. The second kappa shape index (κ2) is 5.77. The molecule has 0 radical (unpaired) electrons. The second-order valence-corrected chi connectivity index (χ2v) is 5.86. The lowest BCUT2D eigenvalue weighted by Gasteiger charge is -2.11. The second-order valence-electron chi connectivity index (χ2n) is 5.01. The molecule has 0 amide bonds. The van der Waals surface area contributed by atoms with Crippen LogP contribution in [0, 0.1) is 6.92 Å². The van der Waals surface area contributed by atoms with Gasteiger partial charge in [0.1, 0.15) is 0 Å². The molecule has 5 heteroatoms. The van der Waals surface area contributed by atoms with Crippen LogP contribution in [0.5, 0.6) is 0 Å². The first-order chi connectivity index (χ1) is 10.5. The zero-order chi connectivity index (χ0) is 15.7. The number of nitrogens with zero attached hydrogens (tertiary/aromatic N) is 1. The molecule has 1 heterocycles. The first-order valence-corrected chi connectivity index (χ1v) is 7.49. The summed E-state index contributed by atoms with van der Waals surface area (Å²) in [4.78, 5) is 15.3. The lowest BCUT2D eigenvalue weighted by molar-refractivity contribution is 0.0697. The highest BCUT2D eigenvalue weighted by Gasteiger charge is 2.07. The summed E-state index contributed by atoms with van der Waals surface area (Å²) in [6.45, 7) is 2.03. The summed E-state index contributed by atoms with van der Waals surface area (Å²) < 4.78 is 0.951. The Balaban J connectivity index is 2.02. The van der Waals surface area contributed by atoms with Gasteiger partial charge in [0.2, 0.25) is 0 Å². The summed E-state index contributed by atoms with van der Waals surface area (Å²) >= 11 is 3.54. The van der Waals surface area contributed by atoms with Crippen LogP contribution in [0.4, 0.5) is 11.4 Å². The highest BCUT2D eigenvalue weighted by atomic mass is 79.9. The Morgan fingerprint density at radius 2 is 1.91 bits per heavy atom. The normalized spacial score (nSPS) is 10.6. The molecule has 0 bridgehead atoms. The summed E-state index contributed by atoms with van der Waals surface area (Å²) in [5, 5.41) is 13.3. The van der Waals surface area contributed by atoms with Crippen molar-refractivity contribution in [2.75, 3.05) is 5.32 Å². The zero-order valence-electron chi connectivity index (χ0n) is 11.8. The van der Waals surface area contributed by atoms with E-state index in [0.29, 0.717) is 0 Å². The van der Waals surface area contributed by atoms with Gasteiger partial charge in [-0.15, -0.1) is 0 Å². The minimum atomic E-state index is -0.930. The van der Waals surface area contributed by atoms with E-state index < -0.39 is 5.97 Å². The molecule has 0 saturated carbocycles. The fourth-order valence-corrected chi connectivity index (χ4v) is 2.98. The number of benzene rings is 2. The van der Waals surface area contributed by atoms with Crippen LogP contribution >= 0.6 is 15.9 Å². The Morgan fingerprint density at radius 3 is 2.59 bits per heavy atom. The van der Waals surface area contributed by atoms with Gasteiger partial charge < -0.3 is 10.4 Å². The maximum absolute atomic E-state index is 10.9. The predicted octanol–water partition coefficient (Wildman–Crippen LogP) is 4.75. The summed E-state index contributed by atoms with van der Waals surface area (Å²) in [6, 6.07) is 12.7. The third-order valence-corrected chi connectivity index (χ3v) is 3.96. The molecule has 0 spiro atoms. The molecule has 0 unspecified atom stereocenters. The van der Waals surface area contributed by atoms with Crippen LogP contribution in [0.1, 0.15) is 15.9 Å². The van der Waals surface area contributed by atoms with Gasteiger partial charge in [0.25, 0.3) is 0 Å². The number of aromatic nitrogens is 1. The van der Waals surface area contributed by atoms with E-state index in [-0.39, 0.29) is 5.56 Å². The standard InChI is InChI=1S/C17H13BrN2O2/c1-10-8-13-15(6-7-19-16(13)14(18)9-10)20-12-4-2-11(3-5-12)17(21)22/h2-9H,1H3,(H,19,20)(H,21,22). The third kappa shape index (κ3) is 2.80. The number of nitrogens with one attached hydrogen (secondary N) is 1. The lowest BCUT2D eigenvalue weighted by atomic mass is 10.1. The number of rotatable bonds is 3. The highest BCUT2D eigenvalue weighted by Crippen LogP contribution is 2.30. The largest absolute Gasteiger partial charge is 0.478 e. The van der Waals surface area contributed by atoms with Gasteiger partial charge in [-0.2, -0.15) is 0 Å². The molecule has 2 N–H and O–H groups in total. The molecule has 0 fully saturated rings. The monoisotopic (exact) mass is 356 g/mol. The Bertz CT molecular complexity index is 860. The smallest absolute Gasteiger partial charge is 0.335 e. The van der Waals surface area contributed by atoms with Gasteiger partial charge in [-0.25, -0.2) is 4.79 Å². The Labute approximate surface area is 135 Å². The topological polar surface area (TPSA) is 62.2 Å². The van der Waals surface area contributed by atoms with E-state index in [1.54, 1.807) is 30.5 Å². The Kier molecular flexibility index (Phi) is 3.81. The molecule has 3 aromatic rings. The fraction of sp³-hybridized carbons (Fsp3) is 0.0588. The summed E-state index contributed by atoms with van der Waals surface area (Å²) in [5.41, 5.74) is 4.05. The van der Waals surface area contributed by atoms with Gasteiger partial charge >= 0.3 is 5.97 Å². The Hall–Kier alpha value is -2.40. The number of hydrogen-bond acceptors (Lipinski definition) is 3. The van der Waals surface area contributed by atoms with Gasteiger partial charge in [-0.1, -0.05) is 0 Å². The van der Waals surface area contributed by atoms with Crippen molar-refractivity contribution in [3.05, 3.63) is 64.3 Å². The average Bonchev–Trinajstić information content (AvgIpc) is 2.48. The minimum absolute atomic E-state index is 0.267. The number of aryl methyl sites for hydroxylation is 1. The molecule has 110 valence electrons. The lowest BCUT2D eigenvalue weighted by Crippen LogP contribution is -1.97. The van der Waals surface area contributed by atoms with Crippen molar-refractivity contribution in [2.24, 2.45) is 0 Å². The number of pyridine rings is 1. The minimum Gasteiger partial charge on any atom is -0.478 e. The molecule has 1 aromatic heterocycles. The summed E-state index contributed by atoms with van der Waals surface area (Å²) in [5.74, 6) is -0.930. The van der Waals surface area contributed by atoms with E-state index >= 15 is 0 Å². The van der Waals surface area contributed by atoms with Crippen molar-refractivity contribution < 1.29 is 9.90 Å². The average molecular weight is 357 g/mol. The molecule has 3 rings (SSSR count). The molecule has 0 aliphatic carbocycles. The summed E-state index contributed by atoms with van der Waals surface area (Å²) in [6.07, 6.45) is 1.75. The molecule has 2 aromatic carbocycles. The zero-order valence-corrected chi connectivity index (χ0v) is 13.4. The first-order valence-electron chi connectivity index (χ1n) is 6.70. The molecular formula is C17H13BrN2O2. The van der Waals surface area contributed by atoms with Crippen LogP contribution in [0.3, 0.4) is 0 Å². The van der Waals surface area contributed by atoms with Gasteiger partial charge in [0.15, 0.2) is 0 Å². The quantitative estimate of drug-likeness (QED) is 0.710. The maximum Gasteiger partial charge on any atom is 0.335 e. The molecular weight excluding hydrogens is 344 g/mol. The fourth-order valence-electron chi connectivity index (χ4n) is 2.31. The van der Waals surface area contributed by atoms with Gasteiger partial charge in [-0.3, -0.25) is 4.98 Å². The number of carbonyl (C=O) groups is 1. The van der Waals surface area contributed by atoms with Crippen molar-refractivity contribution in [3.8, 4) is 0 Å². The number of carboxylic acids is 1. The third-order valence-electron chi connectivity index (χ3n) is 3.35. The maximum atomic E-state index is 10.9. The molecule has 4 nitrogen and oxygen atoms in total. The van der Waals surface area contributed by atoms with E-state index in [2.05, 4.69) is 32.3 Å². The van der Waals surface area contributed by atoms with E-state index in [4.69, 9.17) is 5.11 Å². The molecule has 22 heavy (non-hydrogen) atoms. The number of halogens is 1. The van der Waals surface area contributed by atoms with Crippen LogP contribution in [0.15, 0.2) is 53.1 Å². The van der Waals surface area contributed by atoms with Gasteiger partial charge in [0.05, 0.1) is 11.1 Å². The highest BCUT2D eigenvalue weighted by molar-refractivity contribution is 9.10. The van der Waals surface area contributed by atoms with E-state index in [9.17, 15) is 4.79 Å². The van der Waals surface area contributed by atoms with Crippen LogP contribution in [0.2, 0.25) is 0 Å². The number of hydrogen-bond donors (Lipinski definition) is 2. The van der Waals surface area contributed by atoms with Crippen molar-refractivity contribution in [1.29, 1.82) is 0 Å². The van der Waals surface area contributed by atoms with Crippen LogP contribution in [-0.4, -0.2) is 16.1 Å². The van der Waals surface area contributed by atoms with Crippen molar-refractivity contribution in [2.45, 2.75) is 6.92 Å². The SMILES string of the molecule is Cc1cc(Br)c2nccc(Nc3ccc(C(=O)O)cc3)c2c1. The van der Waals surface area contributed by atoms with Crippen LogP contribution in [0.25, 0.3) is 10.9 Å². The number of carboxylic acid groups (broad SMARTS) is 1. The van der Waals surface area contributed by atoms with E-state index in [1.807, 2.05) is 19.1 Å². The van der Waals surface area contributed by atoms with Crippen molar-refractivity contribution >= 4 is 44.2 Å². The molecule has 0 atom stereocenters. The van der Waals surface area contributed by atoms with Crippen LogP contribution in [-0.2, 0) is 0 Å². The number of anilines is 2. The van der Waals surface area contributed by atoms with Crippen molar-refractivity contribution in [1.82, 2.24) is 4.98 Å². The van der Waals surface area contributed by atoms with Gasteiger partial charge in [-0.05, 0) is 70.9 Å². The van der Waals surface area contributed by atoms with Crippen molar-refractivity contribution in [3.63, 3.8) is 0 Å².